The van der Waals surface area contributed by atoms with E-state index in [1.54, 1.807) is 19.1 Å². The highest BCUT2D eigenvalue weighted by Gasteiger charge is 2.18. The molecule has 0 atom stereocenters. The van der Waals surface area contributed by atoms with Crippen molar-refractivity contribution in [1.29, 1.82) is 0 Å². The second-order valence-electron chi connectivity index (χ2n) is 5.11. The van der Waals surface area contributed by atoms with Crippen molar-refractivity contribution in [3.63, 3.8) is 0 Å². The smallest absolute Gasteiger partial charge is 0.350 e. The molecule has 0 amide bonds. The minimum Gasteiger partial charge on any atom is -0.512 e. The van der Waals surface area contributed by atoms with Crippen molar-refractivity contribution in [2.75, 3.05) is 13.2 Å². The van der Waals surface area contributed by atoms with Gasteiger partial charge in [-0.3, -0.25) is 0 Å². The lowest BCUT2D eigenvalue weighted by Gasteiger charge is -2.08. The van der Waals surface area contributed by atoms with E-state index in [2.05, 4.69) is 5.73 Å². The molecule has 5 heteroatoms. The number of aliphatic hydroxyl groups is 1. The lowest BCUT2D eigenvalue weighted by Crippen LogP contribution is -2.43. The first-order valence-corrected chi connectivity index (χ1v) is 7.40. The van der Waals surface area contributed by atoms with E-state index in [4.69, 9.17) is 9.15 Å². The van der Waals surface area contributed by atoms with Crippen LogP contribution >= 0.6 is 0 Å². The summed E-state index contributed by atoms with van der Waals surface area (Å²) in [5.74, 6) is 0.173. The van der Waals surface area contributed by atoms with E-state index in [-0.39, 0.29) is 5.76 Å². The average Bonchev–Trinajstić information content (AvgIpc) is 2.51. The van der Waals surface area contributed by atoms with Gasteiger partial charge in [0.15, 0.2) is 5.69 Å². The van der Waals surface area contributed by atoms with Gasteiger partial charge < -0.3 is 20.0 Å². The number of rotatable bonds is 6. The number of hydrogen-bond donors (Lipinski definition) is 2. The van der Waals surface area contributed by atoms with Crippen LogP contribution in [-0.2, 0) is 4.74 Å². The Morgan fingerprint density at radius 1 is 1.36 bits per heavy atom. The molecule has 1 aromatic heterocycles. The van der Waals surface area contributed by atoms with Crippen LogP contribution in [0.3, 0.4) is 0 Å². The van der Waals surface area contributed by atoms with Gasteiger partial charge in [0.05, 0.1) is 11.1 Å². The van der Waals surface area contributed by atoms with Gasteiger partial charge in [-0.25, -0.2) is 4.79 Å². The van der Waals surface area contributed by atoms with Crippen LogP contribution < -0.4 is 11.4 Å². The summed E-state index contributed by atoms with van der Waals surface area (Å²) in [6.45, 7) is 4.88. The predicted octanol–water partition coefficient (Wildman–Crippen LogP) is 2.77. The summed E-state index contributed by atoms with van der Waals surface area (Å²) in [5, 5.41) is 11.0. The van der Waals surface area contributed by atoms with Crippen LogP contribution in [0, 0.1) is 0 Å². The van der Waals surface area contributed by atoms with Crippen molar-refractivity contribution in [3.8, 4) is 0 Å². The zero-order valence-electron chi connectivity index (χ0n) is 13.0. The summed E-state index contributed by atoms with van der Waals surface area (Å²) in [5.41, 5.74) is 5.46. The van der Waals surface area contributed by atoms with E-state index in [1.165, 1.54) is 0 Å². The lowest BCUT2D eigenvalue weighted by atomic mass is 10.0. The third-order valence-electron chi connectivity index (χ3n) is 3.63. The highest BCUT2D eigenvalue weighted by molar-refractivity contribution is 5.91. The summed E-state index contributed by atoms with van der Waals surface area (Å²) in [6.07, 6.45) is 1.15. The summed E-state index contributed by atoms with van der Waals surface area (Å²) in [6, 6.07) is 7.25. The van der Waals surface area contributed by atoms with Crippen LogP contribution in [0.5, 0.6) is 0 Å². The first kappa shape index (κ1) is 16.3. The molecule has 1 aromatic carbocycles. The highest BCUT2D eigenvalue weighted by Crippen LogP contribution is 2.27. The fourth-order valence-electron chi connectivity index (χ4n) is 2.41. The number of aliphatic hydroxyl groups excluding tert-OH is 1. The zero-order valence-corrected chi connectivity index (χ0v) is 13.0. The second kappa shape index (κ2) is 7.24. The van der Waals surface area contributed by atoms with Crippen LogP contribution in [0.2, 0.25) is 0 Å². The van der Waals surface area contributed by atoms with E-state index in [9.17, 15) is 9.90 Å². The predicted molar refractivity (Wildman–Crippen MR) is 86.0 cm³/mol. The van der Waals surface area contributed by atoms with Gasteiger partial charge in [-0.2, -0.15) is 0 Å². The fourth-order valence-corrected chi connectivity index (χ4v) is 2.41. The van der Waals surface area contributed by atoms with Gasteiger partial charge >= 0.3 is 5.63 Å². The zero-order chi connectivity index (χ0) is 16.1. The minimum atomic E-state index is -0.474. The lowest BCUT2D eigenvalue weighted by molar-refractivity contribution is -0.253. The molecule has 22 heavy (non-hydrogen) atoms. The highest BCUT2D eigenvalue weighted by atomic mass is 16.5. The van der Waals surface area contributed by atoms with Crippen LogP contribution in [0.4, 0.5) is 5.69 Å². The molecule has 2 rings (SSSR count). The van der Waals surface area contributed by atoms with Gasteiger partial charge in [-0.15, -0.1) is 0 Å². The molecular formula is C17H22NO4+. The molecule has 0 fully saturated rings. The van der Waals surface area contributed by atoms with E-state index < -0.39 is 5.63 Å². The van der Waals surface area contributed by atoms with Crippen LogP contribution in [0.25, 0.3) is 16.5 Å². The number of fused-ring (bicyclic) bond motifs is 1. The number of benzene rings is 1. The van der Waals surface area contributed by atoms with Crippen LogP contribution in [0.15, 0.2) is 39.2 Å². The largest absolute Gasteiger partial charge is 0.512 e. The van der Waals surface area contributed by atoms with E-state index in [1.807, 2.05) is 19.1 Å². The first-order valence-electron chi connectivity index (χ1n) is 7.40. The molecule has 0 saturated carbocycles. The maximum atomic E-state index is 12.2. The number of allylic oxidation sites excluding steroid dienone is 2. The molecule has 0 aliphatic heterocycles. The third kappa shape index (κ3) is 3.37. The molecule has 0 radical (unpaired) electrons. The maximum absolute atomic E-state index is 12.2. The number of para-hydroxylation sites is 1. The quantitative estimate of drug-likeness (QED) is 0.488. The van der Waals surface area contributed by atoms with Gasteiger partial charge in [-0.05, 0) is 32.4 Å². The Bertz CT molecular complexity index is 746. The maximum Gasteiger partial charge on any atom is 0.350 e. The van der Waals surface area contributed by atoms with E-state index in [0.29, 0.717) is 48.5 Å². The van der Waals surface area contributed by atoms with Crippen molar-refractivity contribution >= 4 is 22.2 Å². The molecule has 0 bridgehead atoms. The molecule has 0 saturated heterocycles. The molecule has 2 aromatic rings. The van der Waals surface area contributed by atoms with Gasteiger partial charge in [0, 0.05) is 25.2 Å². The standard InChI is InChI=1S/C17H21NO4/c1-3-21-10-6-8-13(19)11(2)15-16(18)12-7-4-5-9-14(12)22-17(15)20/h4-5,7,9,19H,3,6,8,10,18H2,1-2H3/p+1/b13-11-. The molecule has 4 N–H and O–H groups in total. The molecule has 118 valence electrons. The SMILES string of the molecule is CCOCCC/C(O)=C(\C)c1c([NH3+])c2ccccc2oc1=O. The Kier molecular flexibility index (Phi) is 5.35. The Hall–Kier alpha value is -2.11. The molecule has 0 spiro atoms. The number of quaternary nitrogens is 1. The van der Waals surface area contributed by atoms with Gasteiger partial charge in [-0.1, -0.05) is 12.1 Å². The van der Waals surface area contributed by atoms with Gasteiger partial charge in [0.25, 0.3) is 0 Å². The van der Waals surface area contributed by atoms with Crippen molar-refractivity contribution in [2.24, 2.45) is 0 Å². The summed E-state index contributed by atoms with van der Waals surface area (Å²) < 4.78 is 10.6. The Morgan fingerprint density at radius 2 is 2.09 bits per heavy atom. The molecule has 0 aliphatic rings. The Morgan fingerprint density at radius 3 is 2.82 bits per heavy atom. The van der Waals surface area contributed by atoms with Gasteiger partial charge in [0.2, 0.25) is 0 Å². The molecule has 5 nitrogen and oxygen atoms in total. The van der Waals surface area contributed by atoms with E-state index >= 15 is 0 Å². The molecule has 0 aliphatic carbocycles. The summed E-state index contributed by atoms with van der Waals surface area (Å²) in [7, 11) is 0. The number of ether oxygens (including phenoxy) is 1. The van der Waals surface area contributed by atoms with Crippen LogP contribution in [-0.4, -0.2) is 18.3 Å². The van der Waals surface area contributed by atoms with Gasteiger partial charge in [0.1, 0.15) is 11.1 Å². The van der Waals surface area contributed by atoms with Crippen molar-refractivity contribution in [1.82, 2.24) is 0 Å². The third-order valence-corrected chi connectivity index (χ3v) is 3.63. The molecule has 1 heterocycles. The second-order valence-corrected chi connectivity index (χ2v) is 5.11. The van der Waals surface area contributed by atoms with Crippen molar-refractivity contribution in [2.45, 2.75) is 26.7 Å². The summed E-state index contributed by atoms with van der Waals surface area (Å²) in [4.78, 5) is 12.2. The normalized spacial score (nSPS) is 12.5. The average molecular weight is 304 g/mol. The Balaban J connectivity index is 2.38. The molecule has 0 unspecified atom stereocenters. The monoisotopic (exact) mass is 304 g/mol. The first-order chi connectivity index (χ1) is 10.6. The topological polar surface area (TPSA) is 87.3 Å². The molecular weight excluding hydrogens is 282 g/mol. The Labute approximate surface area is 129 Å². The van der Waals surface area contributed by atoms with E-state index in [0.717, 1.165) is 5.39 Å². The van der Waals surface area contributed by atoms with Crippen molar-refractivity contribution in [3.05, 3.63) is 46.0 Å². The summed E-state index contributed by atoms with van der Waals surface area (Å²) >= 11 is 0. The fraction of sp³-hybridized carbons (Fsp3) is 0.353. The van der Waals surface area contributed by atoms with Crippen LogP contribution in [0.1, 0.15) is 32.3 Å². The number of hydrogen-bond acceptors (Lipinski definition) is 4. The minimum absolute atomic E-state index is 0.173. The van der Waals surface area contributed by atoms with Crippen molar-refractivity contribution < 1.29 is 20.0 Å².